The van der Waals surface area contributed by atoms with Gasteiger partial charge >= 0.3 is 0 Å². The Balaban J connectivity index is 2.23. The van der Waals surface area contributed by atoms with E-state index in [1.165, 1.54) is 12.4 Å². The van der Waals surface area contributed by atoms with Gasteiger partial charge < -0.3 is 10.3 Å². The number of nitrogens with two attached hydrogens (primary N) is 1. The molecule has 0 atom stereocenters. The molecule has 3 N–H and O–H groups in total. The third-order valence-electron chi connectivity index (χ3n) is 2.49. The number of halogens is 1. The smallest absolute Gasteiger partial charge is 0.243 e. The minimum absolute atomic E-state index is 0.0214. The highest BCUT2D eigenvalue weighted by Gasteiger charge is 2.18. The predicted octanol–water partition coefficient (Wildman–Crippen LogP) is 0.0149. The molecular formula is C10H12FN5O2S. The van der Waals surface area contributed by atoms with Gasteiger partial charge in [0.2, 0.25) is 10.0 Å². The predicted molar refractivity (Wildman–Crippen MR) is 65.8 cm³/mol. The molecule has 0 unspecified atom stereocenters. The van der Waals surface area contributed by atoms with E-state index in [1.807, 2.05) is 0 Å². The normalized spacial score (nSPS) is 11.7. The summed E-state index contributed by atoms with van der Waals surface area (Å²) in [4.78, 5) is -0.297. The maximum Gasteiger partial charge on any atom is 0.243 e. The van der Waals surface area contributed by atoms with Crippen LogP contribution in [0.2, 0.25) is 0 Å². The zero-order valence-electron chi connectivity index (χ0n) is 10.0. The van der Waals surface area contributed by atoms with Crippen molar-refractivity contribution in [3.05, 3.63) is 36.2 Å². The van der Waals surface area contributed by atoms with Crippen LogP contribution in [0.5, 0.6) is 0 Å². The second kappa shape index (κ2) is 4.94. The molecular weight excluding hydrogens is 273 g/mol. The number of hydrogen-bond acceptors (Lipinski definition) is 5. The molecule has 9 heteroatoms. The Morgan fingerprint density at radius 2 is 2.21 bits per heavy atom. The number of nitrogen functional groups attached to an aromatic ring is 1. The van der Waals surface area contributed by atoms with Crippen LogP contribution >= 0.6 is 0 Å². The number of rotatable bonds is 4. The number of nitrogens with one attached hydrogen (secondary N) is 1. The number of aromatic nitrogens is 3. The summed E-state index contributed by atoms with van der Waals surface area (Å²) in [7, 11) is -2.22. The fraction of sp³-hybridized carbons (Fsp3) is 0.200. The first-order chi connectivity index (χ1) is 8.90. The maximum absolute atomic E-state index is 13.1. The molecule has 0 bridgehead atoms. The average molecular weight is 285 g/mol. The second-order valence-corrected chi connectivity index (χ2v) is 5.60. The highest BCUT2D eigenvalue weighted by atomic mass is 32.2. The number of nitrogens with zero attached hydrogens (tertiary/aromatic N) is 3. The summed E-state index contributed by atoms with van der Waals surface area (Å²) in [6.45, 7) is -0.0607. The first-order valence-corrected chi connectivity index (χ1v) is 6.76. The van der Waals surface area contributed by atoms with Crippen molar-refractivity contribution in [3.8, 4) is 0 Å². The molecule has 0 spiro atoms. The van der Waals surface area contributed by atoms with Crippen molar-refractivity contribution in [1.29, 1.82) is 0 Å². The van der Waals surface area contributed by atoms with Crippen LogP contribution in [0, 0.1) is 5.82 Å². The van der Waals surface area contributed by atoms with Gasteiger partial charge in [0.25, 0.3) is 0 Å². The van der Waals surface area contributed by atoms with Crippen LogP contribution in [0.4, 0.5) is 10.1 Å². The summed E-state index contributed by atoms with van der Waals surface area (Å²) in [6.07, 6.45) is 1.44. The van der Waals surface area contributed by atoms with E-state index in [9.17, 15) is 12.8 Å². The van der Waals surface area contributed by atoms with Gasteiger partial charge in [-0.05, 0) is 18.2 Å². The van der Waals surface area contributed by atoms with Gasteiger partial charge in [-0.25, -0.2) is 17.5 Å². The topological polar surface area (TPSA) is 103 Å². The fourth-order valence-electron chi connectivity index (χ4n) is 1.45. The molecule has 7 nitrogen and oxygen atoms in total. The second-order valence-electron chi connectivity index (χ2n) is 3.86. The molecule has 1 aromatic carbocycles. The van der Waals surface area contributed by atoms with Gasteiger partial charge in [0, 0.05) is 7.05 Å². The van der Waals surface area contributed by atoms with Gasteiger partial charge in [-0.2, -0.15) is 0 Å². The standard InChI is InChI=1S/C10H12FN5O2S/c1-16-6-13-15-10(16)5-14-19(17,18)9-4-7(11)2-3-8(9)12/h2-4,6,14H,5,12H2,1H3. The SMILES string of the molecule is Cn1cnnc1CNS(=O)(=O)c1cc(F)ccc1N. The molecule has 0 aliphatic heterocycles. The van der Waals surface area contributed by atoms with Crippen molar-refractivity contribution < 1.29 is 12.8 Å². The Morgan fingerprint density at radius 3 is 2.84 bits per heavy atom. The molecule has 0 aliphatic carbocycles. The van der Waals surface area contributed by atoms with E-state index in [4.69, 9.17) is 5.73 Å². The summed E-state index contributed by atoms with van der Waals surface area (Å²) in [6, 6.07) is 3.16. The van der Waals surface area contributed by atoms with E-state index in [0.717, 1.165) is 12.1 Å². The van der Waals surface area contributed by atoms with Crippen LogP contribution in [0.3, 0.4) is 0 Å². The summed E-state index contributed by atoms with van der Waals surface area (Å²) < 4.78 is 40.9. The Bertz CT molecular complexity index is 698. The Morgan fingerprint density at radius 1 is 1.47 bits per heavy atom. The molecule has 0 aliphatic rings. The maximum atomic E-state index is 13.1. The quantitative estimate of drug-likeness (QED) is 0.771. The molecule has 0 radical (unpaired) electrons. The van der Waals surface area contributed by atoms with E-state index in [2.05, 4.69) is 14.9 Å². The lowest BCUT2D eigenvalue weighted by atomic mass is 10.3. The lowest BCUT2D eigenvalue weighted by Gasteiger charge is -2.08. The lowest BCUT2D eigenvalue weighted by Crippen LogP contribution is -2.25. The van der Waals surface area contributed by atoms with Crippen molar-refractivity contribution in [3.63, 3.8) is 0 Å². The Kier molecular flexibility index (Phi) is 3.49. The molecule has 0 amide bonds. The van der Waals surface area contributed by atoms with Crippen molar-refractivity contribution in [1.82, 2.24) is 19.5 Å². The van der Waals surface area contributed by atoms with Crippen molar-refractivity contribution in [2.75, 3.05) is 5.73 Å². The molecule has 0 fully saturated rings. The number of benzene rings is 1. The van der Waals surface area contributed by atoms with Gasteiger partial charge in [-0.1, -0.05) is 0 Å². The molecule has 1 heterocycles. The third kappa shape index (κ3) is 2.88. The zero-order chi connectivity index (χ0) is 14.0. The van der Waals surface area contributed by atoms with Gasteiger partial charge in [-0.3, -0.25) is 0 Å². The van der Waals surface area contributed by atoms with Gasteiger partial charge in [-0.15, -0.1) is 10.2 Å². The molecule has 2 aromatic rings. The number of sulfonamides is 1. The first-order valence-electron chi connectivity index (χ1n) is 5.28. The van der Waals surface area contributed by atoms with Gasteiger partial charge in [0.1, 0.15) is 22.9 Å². The van der Waals surface area contributed by atoms with E-state index >= 15 is 0 Å². The van der Waals surface area contributed by atoms with Crippen LogP contribution in [-0.4, -0.2) is 23.2 Å². The van der Waals surface area contributed by atoms with E-state index in [1.54, 1.807) is 11.6 Å². The van der Waals surface area contributed by atoms with Crippen LogP contribution in [-0.2, 0) is 23.6 Å². The van der Waals surface area contributed by atoms with Gasteiger partial charge in [0.05, 0.1) is 12.2 Å². The van der Waals surface area contributed by atoms with Crippen molar-refractivity contribution in [2.45, 2.75) is 11.4 Å². The largest absolute Gasteiger partial charge is 0.398 e. The monoisotopic (exact) mass is 285 g/mol. The molecule has 0 saturated carbocycles. The van der Waals surface area contributed by atoms with Crippen LogP contribution in [0.15, 0.2) is 29.4 Å². The minimum atomic E-state index is -3.90. The highest BCUT2D eigenvalue weighted by Crippen LogP contribution is 2.19. The summed E-state index contributed by atoms with van der Waals surface area (Å²) in [5.41, 5.74) is 5.51. The summed E-state index contributed by atoms with van der Waals surface area (Å²) in [5.74, 6) is -0.244. The van der Waals surface area contributed by atoms with Crippen LogP contribution < -0.4 is 10.5 Å². The average Bonchev–Trinajstić information content (AvgIpc) is 2.75. The highest BCUT2D eigenvalue weighted by molar-refractivity contribution is 7.89. The minimum Gasteiger partial charge on any atom is -0.398 e. The van der Waals surface area contributed by atoms with Crippen LogP contribution in [0.1, 0.15) is 5.82 Å². The van der Waals surface area contributed by atoms with Crippen molar-refractivity contribution >= 4 is 15.7 Å². The molecule has 2 rings (SSSR count). The Hall–Kier alpha value is -2.00. The fourth-order valence-corrected chi connectivity index (χ4v) is 2.57. The number of anilines is 1. The molecule has 0 saturated heterocycles. The Labute approximate surface area is 109 Å². The van der Waals surface area contributed by atoms with Crippen LogP contribution in [0.25, 0.3) is 0 Å². The molecule has 19 heavy (non-hydrogen) atoms. The lowest BCUT2D eigenvalue weighted by molar-refractivity contribution is 0.574. The van der Waals surface area contributed by atoms with E-state index in [-0.39, 0.29) is 17.1 Å². The van der Waals surface area contributed by atoms with Crippen molar-refractivity contribution in [2.24, 2.45) is 7.05 Å². The summed E-state index contributed by atoms with van der Waals surface area (Å²) >= 11 is 0. The third-order valence-corrected chi connectivity index (χ3v) is 3.95. The first kappa shape index (κ1) is 13.4. The summed E-state index contributed by atoms with van der Waals surface area (Å²) in [5, 5.41) is 7.35. The molecule has 1 aromatic heterocycles. The van der Waals surface area contributed by atoms with E-state index in [0.29, 0.717) is 5.82 Å². The molecule has 102 valence electrons. The van der Waals surface area contributed by atoms with Gasteiger partial charge in [0.15, 0.2) is 0 Å². The zero-order valence-corrected chi connectivity index (χ0v) is 10.9. The number of hydrogen-bond donors (Lipinski definition) is 2. The van der Waals surface area contributed by atoms with E-state index < -0.39 is 15.8 Å². The number of aryl methyl sites for hydroxylation is 1.